The SMILES string of the molecule is C[C@H]1CN[C@@H](c2ccccc2C(F)(F)F)C(=O)N1. The highest BCUT2D eigenvalue weighted by molar-refractivity contribution is 5.84. The molecule has 0 bridgehead atoms. The first-order valence-corrected chi connectivity index (χ1v) is 5.59. The van der Waals surface area contributed by atoms with E-state index in [4.69, 9.17) is 0 Å². The predicted octanol–water partition coefficient (Wildman–Crippen LogP) is 1.85. The lowest BCUT2D eigenvalue weighted by Crippen LogP contribution is -2.52. The van der Waals surface area contributed by atoms with Crippen molar-refractivity contribution in [1.82, 2.24) is 10.6 Å². The van der Waals surface area contributed by atoms with E-state index >= 15 is 0 Å². The summed E-state index contributed by atoms with van der Waals surface area (Å²) in [6.07, 6.45) is -4.46. The Hall–Kier alpha value is -1.56. The zero-order valence-electron chi connectivity index (χ0n) is 9.71. The van der Waals surface area contributed by atoms with Crippen LogP contribution in [-0.4, -0.2) is 18.5 Å². The number of hydrogen-bond donors (Lipinski definition) is 2. The topological polar surface area (TPSA) is 41.1 Å². The number of amides is 1. The van der Waals surface area contributed by atoms with E-state index in [1.165, 1.54) is 18.2 Å². The van der Waals surface area contributed by atoms with E-state index in [1.807, 2.05) is 0 Å². The van der Waals surface area contributed by atoms with E-state index in [-0.39, 0.29) is 11.6 Å². The normalized spacial score (nSPS) is 24.8. The number of carbonyl (C=O) groups is 1. The molecule has 0 aliphatic carbocycles. The van der Waals surface area contributed by atoms with E-state index in [2.05, 4.69) is 10.6 Å². The van der Waals surface area contributed by atoms with Crippen LogP contribution in [0.25, 0.3) is 0 Å². The Morgan fingerprint density at radius 2 is 1.94 bits per heavy atom. The number of piperazine rings is 1. The lowest BCUT2D eigenvalue weighted by Gasteiger charge is -2.29. The van der Waals surface area contributed by atoms with Gasteiger partial charge in [0.15, 0.2) is 0 Å². The van der Waals surface area contributed by atoms with Crippen LogP contribution in [0.2, 0.25) is 0 Å². The second-order valence-corrected chi connectivity index (χ2v) is 4.34. The molecule has 1 aliphatic heterocycles. The molecule has 1 fully saturated rings. The first kappa shape index (κ1) is 12.9. The summed E-state index contributed by atoms with van der Waals surface area (Å²) in [6.45, 7) is 2.24. The van der Waals surface area contributed by atoms with Gasteiger partial charge >= 0.3 is 6.18 Å². The number of hydrogen-bond acceptors (Lipinski definition) is 2. The van der Waals surface area contributed by atoms with Crippen LogP contribution >= 0.6 is 0 Å². The first-order chi connectivity index (χ1) is 8.39. The molecule has 2 rings (SSSR count). The highest BCUT2D eigenvalue weighted by Crippen LogP contribution is 2.34. The Morgan fingerprint density at radius 3 is 2.56 bits per heavy atom. The van der Waals surface area contributed by atoms with Crippen molar-refractivity contribution in [3.05, 3.63) is 35.4 Å². The number of benzene rings is 1. The molecular formula is C12H13F3N2O. The van der Waals surface area contributed by atoms with Crippen LogP contribution < -0.4 is 10.6 Å². The molecule has 0 aromatic heterocycles. The smallest absolute Gasteiger partial charge is 0.351 e. The lowest BCUT2D eigenvalue weighted by atomic mass is 9.97. The Kier molecular flexibility index (Phi) is 3.30. The van der Waals surface area contributed by atoms with Crippen molar-refractivity contribution in [2.24, 2.45) is 0 Å². The van der Waals surface area contributed by atoms with Gasteiger partial charge in [0.25, 0.3) is 0 Å². The maximum absolute atomic E-state index is 12.8. The third-order valence-corrected chi connectivity index (χ3v) is 2.86. The Labute approximate surface area is 102 Å². The van der Waals surface area contributed by atoms with Gasteiger partial charge in [-0.3, -0.25) is 4.79 Å². The number of halogens is 3. The van der Waals surface area contributed by atoms with Crippen LogP contribution in [0, 0.1) is 0 Å². The molecular weight excluding hydrogens is 245 g/mol. The maximum Gasteiger partial charge on any atom is 0.416 e. The van der Waals surface area contributed by atoms with Gasteiger partial charge in [0.05, 0.1) is 5.56 Å². The molecule has 1 heterocycles. The summed E-state index contributed by atoms with van der Waals surface area (Å²) in [6, 6.07) is 4.11. The minimum absolute atomic E-state index is 0.0330. The van der Waals surface area contributed by atoms with Crippen molar-refractivity contribution < 1.29 is 18.0 Å². The molecule has 0 saturated carbocycles. The van der Waals surface area contributed by atoms with E-state index in [0.717, 1.165) is 6.07 Å². The summed E-state index contributed by atoms with van der Waals surface area (Å²) in [5.74, 6) is -0.426. The zero-order valence-corrected chi connectivity index (χ0v) is 9.71. The van der Waals surface area contributed by atoms with Gasteiger partial charge in [-0.15, -0.1) is 0 Å². The van der Waals surface area contributed by atoms with E-state index < -0.39 is 23.7 Å². The zero-order chi connectivity index (χ0) is 13.3. The fourth-order valence-corrected chi connectivity index (χ4v) is 2.02. The highest BCUT2D eigenvalue weighted by Gasteiger charge is 2.37. The van der Waals surface area contributed by atoms with Gasteiger partial charge in [0, 0.05) is 12.6 Å². The third kappa shape index (κ3) is 2.48. The second-order valence-electron chi connectivity index (χ2n) is 4.34. The van der Waals surface area contributed by atoms with Crippen molar-refractivity contribution in [1.29, 1.82) is 0 Å². The summed E-state index contributed by atoms with van der Waals surface area (Å²) in [5.41, 5.74) is -0.804. The van der Waals surface area contributed by atoms with Gasteiger partial charge in [-0.1, -0.05) is 18.2 Å². The molecule has 3 nitrogen and oxygen atoms in total. The van der Waals surface area contributed by atoms with Crippen molar-refractivity contribution in [2.45, 2.75) is 25.2 Å². The lowest BCUT2D eigenvalue weighted by molar-refractivity contribution is -0.139. The number of rotatable bonds is 1. The molecule has 2 atom stereocenters. The highest BCUT2D eigenvalue weighted by atomic mass is 19.4. The van der Waals surface area contributed by atoms with Gasteiger partial charge in [0.2, 0.25) is 5.91 Å². The quantitative estimate of drug-likeness (QED) is 0.807. The summed E-state index contributed by atoms with van der Waals surface area (Å²) in [5, 5.41) is 5.47. The molecule has 2 N–H and O–H groups in total. The summed E-state index contributed by atoms with van der Waals surface area (Å²) in [7, 11) is 0. The molecule has 18 heavy (non-hydrogen) atoms. The first-order valence-electron chi connectivity index (χ1n) is 5.59. The summed E-state index contributed by atoms with van der Waals surface area (Å²) >= 11 is 0. The van der Waals surface area contributed by atoms with Crippen molar-refractivity contribution >= 4 is 5.91 Å². The number of alkyl halides is 3. The largest absolute Gasteiger partial charge is 0.416 e. The van der Waals surface area contributed by atoms with Gasteiger partial charge in [-0.25, -0.2) is 0 Å². The Morgan fingerprint density at radius 1 is 1.28 bits per heavy atom. The molecule has 0 spiro atoms. The van der Waals surface area contributed by atoms with E-state index in [1.54, 1.807) is 6.92 Å². The standard InChI is InChI=1S/C12H13F3N2O/c1-7-6-16-10(11(18)17-7)8-4-2-3-5-9(8)12(13,14)15/h2-5,7,10,16H,6H2,1H3,(H,17,18)/t7-,10-/m0/s1. The molecule has 6 heteroatoms. The Bertz CT molecular complexity index is 459. The number of carbonyl (C=O) groups excluding carboxylic acids is 1. The Balaban J connectivity index is 2.37. The van der Waals surface area contributed by atoms with Gasteiger partial charge in [-0.2, -0.15) is 13.2 Å². The molecule has 1 aliphatic rings. The van der Waals surface area contributed by atoms with Crippen LogP contribution in [0.3, 0.4) is 0 Å². The van der Waals surface area contributed by atoms with Gasteiger partial charge < -0.3 is 10.6 Å². The minimum Gasteiger partial charge on any atom is -0.351 e. The molecule has 98 valence electrons. The number of nitrogens with one attached hydrogen (secondary N) is 2. The summed E-state index contributed by atoms with van der Waals surface area (Å²) < 4.78 is 38.5. The van der Waals surface area contributed by atoms with E-state index in [9.17, 15) is 18.0 Å². The average molecular weight is 258 g/mol. The van der Waals surface area contributed by atoms with Crippen LogP contribution in [0.15, 0.2) is 24.3 Å². The average Bonchev–Trinajstić information content (AvgIpc) is 2.28. The van der Waals surface area contributed by atoms with Crippen LogP contribution in [0.1, 0.15) is 24.1 Å². The summed E-state index contributed by atoms with van der Waals surface area (Å²) in [4.78, 5) is 11.7. The molecule has 0 radical (unpaired) electrons. The van der Waals surface area contributed by atoms with Crippen LogP contribution in [0.5, 0.6) is 0 Å². The van der Waals surface area contributed by atoms with E-state index in [0.29, 0.717) is 6.54 Å². The predicted molar refractivity (Wildman–Crippen MR) is 59.8 cm³/mol. The van der Waals surface area contributed by atoms with Crippen molar-refractivity contribution in [2.75, 3.05) is 6.54 Å². The molecule has 1 amide bonds. The van der Waals surface area contributed by atoms with Gasteiger partial charge in [0.1, 0.15) is 6.04 Å². The molecule has 1 saturated heterocycles. The fraction of sp³-hybridized carbons (Fsp3) is 0.417. The molecule has 1 aromatic carbocycles. The van der Waals surface area contributed by atoms with Crippen molar-refractivity contribution in [3.8, 4) is 0 Å². The maximum atomic E-state index is 12.8. The third-order valence-electron chi connectivity index (χ3n) is 2.86. The van der Waals surface area contributed by atoms with Crippen LogP contribution in [0.4, 0.5) is 13.2 Å². The van der Waals surface area contributed by atoms with Crippen LogP contribution in [-0.2, 0) is 11.0 Å². The molecule has 1 aromatic rings. The minimum atomic E-state index is -4.46. The fourth-order valence-electron chi connectivity index (χ4n) is 2.02. The van der Waals surface area contributed by atoms with Crippen molar-refractivity contribution in [3.63, 3.8) is 0 Å². The molecule has 0 unspecified atom stereocenters. The van der Waals surface area contributed by atoms with Gasteiger partial charge in [-0.05, 0) is 18.6 Å². The monoisotopic (exact) mass is 258 g/mol. The second kappa shape index (κ2) is 4.61.